The van der Waals surface area contributed by atoms with E-state index in [0.29, 0.717) is 11.6 Å². The third kappa shape index (κ3) is 6.11. The molecule has 1 heterocycles. The van der Waals surface area contributed by atoms with Gasteiger partial charge in [-0.3, -0.25) is 0 Å². The summed E-state index contributed by atoms with van der Waals surface area (Å²) < 4.78 is 59.2. The topological polar surface area (TPSA) is 0 Å². The molecule has 3 aromatic carbocycles. The molecule has 2 unspecified atom stereocenters. The van der Waals surface area contributed by atoms with Gasteiger partial charge in [0.15, 0.2) is 0 Å². The molecule has 3 aromatic rings. The van der Waals surface area contributed by atoms with Crippen molar-refractivity contribution in [2.75, 3.05) is 0 Å². The van der Waals surface area contributed by atoms with Crippen LogP contribution in [0.4, 0.5) is 25.2 Å². The van der Waals surface area contributed by atoms with E-state index in [1.165, 1.54) is 12.6 Å². The standard InChI is InChI=1S/C24H26P.F6P/c1-3-23-19(2)25(21-13-6-4-7-14-21,22-15-8-5-9-16-22)18-20-12-10-11-17-24(20)23;1-7(2,3,4,5)6/h4-17,19,23H,3,18H2,1-2H3;/q+1;-1. The maximum absolute atomic E-state index is 10.7. The number of halogens is 6. The average Bonchev–Trinajstić information content (AvgIpc) is 2.72. The molecule has 1 aliphatic heterocycles. The first-order valence-corrected chi connectivity index (χ1v) is 14.4. The van der Waals surface area contributed by atoms with Crippen LogP contribution in [0.5, 0.6) is 0 Å². The molecule has 4 rings (SSSR count). The van der Waals surface area contributed by atoms with Crippen LogP contribution in [-0.2, 0) is 6.16 Å². The van der Waals surface area contributed by atoms with Gasteiger partial charge in [-0.2, -0.15) is 0 Å². The second kappa shape index (κ2) is 8.15. The number of benzene rings is 3. The quantitative estimate of drug-likeness (QED) is 0.254. The Morgan fingerprint density at radius 2 is 1.12 bits per heavy atom. The molecule has 32 heavy (non-hydrogen) atoms. The van der Waals surface area contributed by atoms with Crippen molar-refractivity contribution in [2.45, 2.75) is 38.0 Å². The Balaban J connectivity index is 0.000000360. The summed E-state index contributed by atoms with van der Waals surface area (Å²) in [5.74, 6) is 0.638. The molecule has 2 atom stereocenters. The molecule has 0 amide bonds. The summed E-state index contributed by atoms with van der Waals surface area (Å²) in [4.78, 5) is 0. The molecule has 0 aromatic heterocycles. The molecular formula is C24H26F6P2. The fraction of sp³-hybridized carbons (Fsp3) is 0.250. The van der Waals surface area contributed by atoms with Crippen LogP contribution >= 0.6 is 15.1 Å². The molecule has 0 radical (unpaired) electrons. The molecule has 174 valence electrons. The molecule has 1 aliphatic rings. The summed E-state index contributed by atoms with van der Waals surface area (Å²) in [6.07, 6.45) is 2.40. The van der Waals surface area contributed by atoms with Crippen LogP contribution in [0.2, 0.25) is 0 Å². The van der Waals surface area contributed by atoms with Gasteiger partial charge in [-0.25, -0.2) is 0 Å². The first-order chi connectivity index (χ1) is 14.7. The van der Waals surface area contributed by atoms with Crippen molar-refractivity contribution >= 4 is 25.7 Å². The fourth-order valence-corrected chi connectivity index (χ4v) is 9.88. The molecule has 0 fully saturated rings. The van der Waals surface area contributed by atoms with E-state index in [1.807, 2.05) is 0 Å². The molecule has 0 saturated heterocycles. The number of hydrogen-bond donors (Lipinski definition) is 0. The van der Waals surface area contributed by atoms with Crippen molar-refractivity contribution in [3.63, 3.8) is 0 Å². The molecule has 8 heteroatoms. The van der Waals surface area contributed by atoms with E-state index in [4.69, 9.17) is 0 Å². The number of fused-ring (bicyclic) bond motifs is 1. The van der Waals surface area contributed by atoms with Gasteiger partial charge >= 0.3 is 33.0 Å². The van der Waals surface area contributed by atoms with Crippen LogP contribution in [0.1, 0.15) is 37.3 Å². The molecule has 0 spiro atoms. The summed E-state index contributed by atoms with van der Waals surface area (Å²) in [6, 6.07) is 31.8. The Morgan fingerprint density at radius 1 is 0.719 bits per heavy atom. The van der Waals surface area contributed by atoms with E-state index in [1.54, 1.807) is 21.7 Å². The Morgan fingerprint density at radius 3 is 1.56 bits per heavy atom. The van der Waals surface area contributed by atoms with Crippen LogP contribution in [-0.4, -0.2) is 5.66 Å². The fourth-order valence-electron chi connectivity index (χ4n) is 4.77. The third-order valence-electron chi connectivity index (χ3n) is 6.03. The Labute approximate surface area is 185 Å². The van der Waals surface area contributed by atoms with Gasteiger partial charge in [-0.15, -0.1) is 0 Å². The Bertz CT molecular complexity index is 1000. The minimum atomic E-state index is -10.7. The molecule has 0 bridgehead atoms. The van der Waals surface area contributed by atoms with E-state index in [0.717, 1.165) is 0 Å². The summed E-state index contributed by atoms with van der Waals surface area (Å²) in [6.45, 7) is 4.87. The number of rotatable bonds is 3. The van der Waals surface area contributed by atoms with Gasteiger partial charge in [-0.1, -0.05) is 67.6 Å². The van der Waals surface area contributed by atoms with E-state index in [9.17, 15) is 25.2 Å². The minimum absolute atomic E-state index is 0.638. The summed E-state index contributed by atoms with van der Waals surface area (Å²) in [5.41, 5.74) is 3.81. The Hall–Kier alpha value is -1.90. The first-order valence-electron chi connectivity index (χ1n) is 10.4. The van der Waals surface area contributed by atoms with E-state index >= 15 is 0 Å². The van der Waals surface area contributed by atoms with Crippen molar-refractivity contribution in [3.05, 3.63) is 96.1 Å². The van der Waals surface area contributed by atoms with Gasteiger partial charge in [-0.05, 0) is 48.7 Å². The van der Waals surface area contributed by atoms with Gasteiger partial charge in [0.1, 0.15) is 0 Å². The van der Waals surface area contributed by atoms with Crippen molar-refractivity contribution in [1.82, 2.24) is 0 Å². The van der Waals surface area contributed by atoms with Gasteiger partial charge in [0.25, 0.3) is 0 Å². The second-order valence-electron chi connectivity index (χ2n) is 8.11. The van der Waals surface area contributed by atoms with E-state index in [-0.39, 0.29) is 0 Å². The van der Waals surface area contributed by atoms with E-state index < -0.39 is 15.1 Å². The van der Waals surface area contributed by atoms with Crippen molar-refractivity contribution in [2.24, 2.45) is 0 Å². The molecule has 0 saturated carbocycles. The summed E-state index contributed by atoms with van der Waals surface area (Å²) in [7, 11) is -12.1. The van der Waals surface area contributed by atoms with Crippen molar-refractivity contribution in [1.29, 1.82) is 0 Å². The van der Waals surface area contributed by atoms with Crippen LogP contribution in [0.15, 0.2) is 84.9 Å². The van der Waals surface area contributed by atoms with Gasteiger partial charge in [0, 0.05) is 5.92 Å². The van der Waals surface area contributed by atoms with Crippen LogP contribution in [0, 0.1) is 0 Å². The Kier molecular flexibility index (Phi) is 6.30. The third-order valence-corrected chi connectivity index (χ3v) is 11.1. The van der Waals surface area contributed by atoms with Crippen LogP contribution < -0.4 is 10.6 Å². The van der Waals surface area contributed by atoms with Crippen molar-refractivity contribution < 1.29 is 25.2 Å². The maximum atomic E-state index is 9.87. The molecular weight excluding hydrogens is 464 g/mol. The first kappa shape index (κ1) is 24.7. The summed E-state index contributed by atoms with van der Waals surface area (Å²) in [5, 5.41) is 3.11. The van der Waals surface area contributed by atoms with Gasteiger partial charge < -0.3 is 0 Å². The predicted octanol–water partition coefficient (Wildman–Crippen LogP) is 9.13. The average molecular weight is 490 g/mol. The van der Waals surface area contributed by atoms with Crippen LogP contribution in [0.25, 0.3) is 0 Å². The number of hydrogen-bond acceptors (Lipinski definition) is 0. The van der Waals surface area contributed by atoms with Gasteiger partial charge in [0.05, 0.1) is 29.7 Å². The van der Waals surface area contributed by atoms with E-state index in [2.05, 4.69) is 98.8 Å². The molecule has 0 aliphatic carbocycles. The monoisotopic (exact) mass is 490 g/mol. The summed E-state index contributed by atoms with van der Waals surface area (Å²) >= 11 is 0. The van der Waals surface area contributed by atoms with Crippen molar-refractivity contribution in [3.8, 4) is 0 Å². The molecule has 0 nitrogen and oxygen atoms in total. The SMILES string of the molecule is CCC1c2ccccc2C[P+](c2ccccc2)(c2ccccc2)C1C.F[P-](F)(F)(F)(F)F. The second-order valence-corrected chi connectivity index (χ2v) is 13.9. The van der Waals surface area contributed by atoms with Crippen LogP contribution in [0.3, 0.4) is 0 Å². The molecule has 0 N–H and O–H groups in total. The zero-order valence-electron chi connectivity index (χ0n) is 17.8. The zero-order valence-corrected chi connectivity index (χ0v) is 19.6. The normalized spacial score (nSPS) is 21.9. The predicted molar refractivity (Wildman–Crippen MR) is 125 cm³/mol. The van der Waals surface area contributed by atoms with Gasteiger partial charge in [0.2, 0.25) is 0 Å². The zero-order chi connectivity index (χ0) is 23.7.